The Kier molecular flexibility index (Phi) is 5.07. The molecule has 1 heterocycles. The molecule has 1 aromatic heterocycles. The highest BCUT2D eigenvalue weighted by Crippen LogP contribution is 2.35. The van der Waals surface area contributed by atoms with Crippen molar-refractivity contribution in [1.29, 1.82) is 0 Å². The Morgan fingerprint density at radius 3 is 2.19 bits per heavy atom. The van der Waals surface area contributed by atoms with Crippen molar-refractivity contribution in [2.75, 3.05) is 5.32 Å². The number of nitrogens with one attached hydrogen (secondary N) is 2. The van der Waals surface area contributed by atoms with E-state index >= 15 is 0 Å². The Morgan fingerprint density at radius 1 is 0.938 bits per heavy atom. The summed E-state index contributed by atoms with van der Waals surface area (Å²) in [5.74, 6) is 2.02. The molecule has 0 spiro atoms. The van der Waals surface area contributed by atoms with Crippen LogP contribution < -0.4 is 15.8 Å². The van der Waals surface area contributed by atoms with Gasteiger partial charge in [0, 0.05) is 22.7 Å². The molecule has 1 saturated carbocycles. The fourth-order valence-electron chi connectivity index (χ4n) is 3.68. The number of imidazole rings is 1. The standard InChI is InChI=1S/C25H22N4O3/c26-23(30)15-4-9-19(10-5-15)32-20-11-6-17(7-12-20)25(31)27-18-8-13-21-22(14-18)29-24(28-21)16-2-1-3-16/h4-14,16H,1-3H2,(H2,26,30)(H,27,31)(H,28,29). The lowest BCUT2D eigenvalue weighted by molar-refractivity contribution is 0.0997. The second-order valence-electron chi connectivity index (χ2n) is 7.95. The number of hydrogen-bond acceptors (Lipinski definition) is 4. The van der Waals surface area contributed by atoms with E-state index in [9.17, 15) is 9.59 Å². The van der Waals surface area contributed by atoms with E-state index < -0.39 is 5.91 Å². The van der Waals surface area contributed by atoms with Crippen molar-refractivity contribution in [1.82, 2.24) is 9.97 Å². The number of carbonyl (C=O) groups excluding carboxylic acids is 2. The summed E-state index contributed by atoms with van der Waals surface area (Å²) >= 11 is 0. The third-order valence-electron chi connectivity index (χ3n) is 5.74. The number of aromatic nitrogens is 2. The Balaban J connectivity index is 1.24. The van der Waals surface area contributed by atoms with Crippen LogP contribution in [0, 0.1) is 0 Å². The number of primary amides is 1. The number of carbonyl (C=O) groups is 2. The summed E-state index contributed by atoms with van der Waals surface area (Å²) in [5, 5.41) is 2.93. The second-order valence-corrected chi connectivity index (χ2v) is 7.95. The zero-order valence-corrected chi connectivity index (χ0v) is 17.3. The normalized spacial score (nSPS) is 13.5. The lowest BCUT2D eigenvalue weighted by Crippen LogP contribution is -2.11. The van der Waals surface area contributed by atoms with Crippen LogP contribution in [0.15, 0.2) is 66.7 Å². The first-order valence-corrected chi connectivity index (χ1v) is 10.5. The molecule has 4 aromatic rings. The van der Waals surface area contributed by atoms with Gasteiger partial charge in [-0.05, 0) is 79.6 Å². The van der Waals surface area contributed by atoms with Gasteiger partial charge in [-0.1, -0.05) is 6.42 Å². The number of rotatable bonds is 6. The maximum Gasteiger partial charge on any atom is 0.255 e. The highest BCUT2D eigenvalue weighted by atomic mass is 16.5. The third kappa shape index (κ3) is 4.05. The van der Waals surface area contributed by atoms with E-state index in [-0.39, 0.29) is 5.91 Å². The molecule has 0 radical (unpaired) electrons. The number of fused-ring (bicyclic) bond motifs is 1. The molecule has 160 valence electrons. The molecule has 1 aliphatic rings. The lowest BCUT2D eigenvalue weighted by Gasteiger charge is -2.22. The van der Waals surface area contributed by atoms with Crippen LogP contribution >= 0.6 is 0 Å². The summed E-state index contributed by atoms with van der Waals surface area (Å²) in [6.07, 6.45) is 3.62. The molecule has 5 rings (SSSR count). The molecule has 1 fully saturated rings. The van der Waals surface area contributed by atoms with Gasteiger partial charge in [0.2, 0.25) is 5.91 Å². The van der Waals surface area contributed by atoms with E-state index in [4.69, 9.17) is 10.5 Å². The van der Waals surface area contributed by atoms with Gasteiger partial charge in [-0.3, -0.25) is 9.59 Å². The first kappa shape index (κ1) is 19.8. The number of nitrogens with two attached hydrogens (primary N) is 1. The number of ether oxygens (including phenoxy) is 1. The molecular weight excluding hydrogens is 404 g/mol. The van der Waals surface area contributed by atoms with Gasteiger partial charge in [-0.25, -0.2) is 4.98 Å². The van der Waals surface area contributed by atoms with Crippen LogP contribution in [-0.4, -0.2) is 21.8 Å². The fraction of sp³-hybridized carbons (Fsp3) is 0.160. The molecule has 4 N–H and O–H groups in total. The number of nitrogens with zero attached hydrogens (tertiary/aromatic N) is 1. The largest absolute Gasteiger partial charge is 0.457 e. The summed E-state index contributed by atoms with van der Waals surface area (Å²) in [7, 11) is 0. The summed E-state index contributed by atoms with van der Waals surface area (Å²) in [5.41, 5.74) is 8.72. The van der Waals surface area contributed by atoms with Crippen molar-refractivity contribution in [2.24, 2.45) is 5.73 Å². The van der Waals surface area contributed by atoms with Crippen molar-refractivity contribution in [3.8, 4) is 11.5 Å². The van der Waals surface area contributed by atoms with Crippen LogP contribution in [0.4, 0.5) is 5.69 Å². The highest BCUT2D eigenvalue weighted by Gasteiger charge is 2.22. The van der Waals surface area contributed by atoms with Crippen LogP contribution in [0.2, 0.25) is 0 Å². The average Bonchev–Trinajstić information content (AvgIpc) is 3.15. The number of benzene rings is 3. The Bertz CT molecular complexity index is 1290. The molecule has 2 amide bonds. The first-order chi connectivity index (χ1) is 15.5. The van der Waals surface area contributed by atoms with Gasteiger partial charge in [-0.2, -0.15) is 0 Å². The molecule has 0 atom stereocenters. The summed E-state index contributed by atoms with van der Waals surface area (Å²) in [6, 6.07) is 19.1. The molecule has 7 heteroatoms. The smallest absolute Gasteiger partial charge is 0.255 e. The average molecular weight is 426 g/mol. The third-order valence-corrected chi connectivity index (χ3v) is 5.74. The number of aromatic amines is 1. The van der Waals surface area contributed by atoms with Gasteiger partial charge in [0.25, 0.3) is 5.91 Å². The van der Waals surface area contributed by atoms with Crippen molar-refractivity contribution < 1.29 is 14.3 Å². The van der Waals surface area contributed by atoms with Crippen LogP contribution in [0.25, 0.3) is 11.0 Å². The number of amides is 2. The van der Waals surface area contributed by atoms with E-state index in [2.05, 4.69) is 15.3 Å². The second kappa shape index (κ2) is 8.19. The maximum absolute atomic E-state index is 12.7. The Hall–Kier alpha value is -4.13. The van der Waals surface area contributed by atoms with Crippen LogP contribution in [-0.2, 0) is 0 Å². The molecule has 0 saturated heterocycles. The van der Waals surface area contributed by atoms with E-state index in [0.717, 1.165) is 16.9 Å². The van der Waals surface area contributed by atoms with Gasteiger partial charge in [0.1, 0.15) is 17.3 Å². The van der Waals surface area contributed by atoms with Crippen LogP contribution in [0.3, 0.4) is 0 Å². The van der Waals surface area contributed by atoms with Gasteiger partial charge in [0.15, 0.2) is 0 Å². The molecule has 0 unspecified atom stereocenters. The molecule has 1 aliphatic carbocycles. The molecule has 3 aromatic carbocycles. The van der Waals surface area contributed by atoms with Crippen LogP contribution in [0.5, 0.6) is 11.5 Å². The zero-order valence-electron chi connectivity index (χ0n) is 17.3. The SMILES string of the molecule is NC(=O)c1ccc(Oc2ccc(C(=O)Nc3ccc4nc(C5CCC5)[nH]c4c3)cc2)cc1. The monoisotopic (exact) mass is 426 g/mol. The minimum atomic E-state index is -0.489. The topological polar surface area (TPSA) is 110 Å². The number of H-pyrrole nitrogens is 1. The van der Waals surface area contributed by atoms with Gasteiger partial charge < -0.3 is 20.8 Å². The summed E-state index contributed by atoms with van der Waals surface area (Å²) in [4.78, 5) is 31.9. The predicted octanol–water partition coefficient (Wildman–Crippen LogP) is 4.97. The number of hydrogen-bond donors (Lipinski definition) is 3. The molecule has 7 nitrogen and oxygen atoms in total. The Morgan fingerprint density at radius 2 is 1.59 bits per heavy atom. The predicted molar refractivity (Wildman–Crippen MR) is 122 cm³/mol. The van der Waals surface area contributed by atoms with Crippen molar-refractivity contribution in [2.45, 2.75) is 25.2 Å². The number of anilines is 1. The van der Waals surface area contributed by atoms with Crippen LogP contribution in [0.1, 0.15) is 51.7 Å². The van der Waals surface area contributed by atoms with Crippen molar-refractivity contribution in [3.05, 3.63) is 83.7 Å². The van der Waals surface area contributed by atoms with Gasteiger partial charge >= 0.3 is 0 Å². The van der Waals surface area contributed by atoms with Crippen molar-refractivity contribution >= 4 is 28.5 Å². The van der Waals surface area contributed by atoms with E-state index in [0.29, 0.717) is 34.2 Å². The van der Waals surface area contributed by atoms with E-state index in [1.165, 1.54) is 19.3 Å². The zero-order chi connectivity index (χ0) is 22.1. The maximum atomic E-state index is 12.7. The van der Waals surface area contributed by atoms with Gasteiger partial charge in [-0.15, -0.1) is 0 Å². The minimum absolute atomic E-state index is 0.208. The first-order valence-electron chi connectivity index (χ1n) is 10.5. The Labute approximate surface area is 184 Å². The van der Waals surface area contributed by atoms with Gasteiger partial charge in [0.05, 0.1) is 11.0 Å². The quantitative estimate of drug-likeness (QED) is 0.404. The van der Waals surface area contributed by atoms with E-state index in [1.807, 2.05) is 18.2 Å². The molecule has 0 aliphatic heterocycles. The summed E-state index contributed by atoms with van der Waals surface area (Å²) < 4.78 is 5.75. The molecule has 0 bridgehead atoms. The van der Waals surface area contributed by atoms with Crippen molar-refractivity contribution in [3.63, 3.8) is 0 Å². The molecular formula is C25H22N4O3. The lowest BCUT2D eigenvalue weighted by atomic mass is 9.85. The highest BCUT2D eigenvalue weighted by molar-refractivity contribution is 6.05. The van der Waals surface area contributed by atoms with E-state index in [1.54, 1.807) is 48.5 Å². The summed E-state index contributed by atoms with van der Waals surface area (Å²) in [6.45, 7) is 0. The minimum Gasteiger partial charge on any atom is -0.457 e. The fourth-order valence-corrected chi connectivity index (χ4v) is 3.68. The molecule has 32 heavy (non-hydrogen) atoms.